The second-order valence-corrected chi connectivity index (χ2v) is 7.46. The first-order chi connectivity index (χ1) is 11.1. The highest BCUT2D eigenvalue weighted by Crippen LogP contribution is 2.21. The minimum absolute atomic E-state index is 0.187. The number of Topliss-reactive ketones (excluding diaryl/α,β-unsaturated/α-hetero) is 1. The Bertz CT molecular complexity index is 770. The Morgan fingerprint density at radius 2 is 2.17 bits per heavy atom. The van der Waals surface area contributed by atoms with E-state index in [0.717, 1.165) is 35.0 Å². The van der Waals surface area contributed by atoms with Gasteiger partial charge in [-0.25, -0.2) is 0 Å². The molecular weight excluding hydrogens is 326 g/mol. The van der Waals surface area contributed by atoms with Gasteiger partial charge < -0.3 is 8.98 Å². The van der Waals surface area contributed by atoms with E-state index in [0.29, 0.717) is 5.75 Å². The first kappa shape index (κ1) is 16.1. The monoisotopic (exact) mass is 345 g/mol. The fourth-order valence-corrected chi connectivity index (χ4v) is 4.10. The van der Waals surface area contributed by atoms with E-state index in [9.17, 15) is 4.79 Å². The smallest absolute Gasteiger partial charge is 0.174 e. The van der Waals surface area contributed by atoms with Crippen LogP contribution in [0, 0.1) is 13.8 Å². The third-order valence-electron chi connectivity index (χ3n) is 3.83. The van der Waals surface area contributed by atoms with Crippen molar-refractivity contribution < 1.29 is 9.21 Å². The highest BCUT2D eigenvalue weighted by atomic mass is 32.2. The second kappa shape index (κ2) is 7.23. The van der Waals surface area contributed by atoms with Crippen molar-refractivity contribution in [2.75, 3.05) is 5.75 Å². The lowest BCUT2D eigenvalue weighted by Gasteiger charge is -2.08. The first-order valence-corrected chi connectivity index (χ1v) is 9.51. The van der Waals surface area contributed by atoms with Gasteiger partial charge >= 0.3 is 0 Å². The Morgan fingerprint density at radius 3 is 2.87 bits per heavy atom. The first-order valence-electron chi connectivity index (χ1n) is 7.47. The summed E-state index contributed by atoms with van der Waals surface area (Å²) in [6.07, 6.45) is 1.66. The van der Waals surface area contributed by atoms with E-state index >= 15 is 0 Å². The van der Waals surface area contributed by atoms with Gasteiger partial charge in [-0.15, -0.1) is 23.1 Å². The van der Waals surface area contributed by atoms with Crippen LogP contribution in [-0.4, -0.2) is 16.1 Å². The number of thiophene rings is 1. The Kier molecular flexibility index (Phi) is 5.08. The standard InChI is InChI=1S/C18H19NO2S2/c1-13-9-17(14(2)19(13)10-16-6-4-8-23-16)18(20)12-22-11-15-5-3-7-21-15/h3-9H,10-12H2,1-2H3. The van der Waals surface area contributed by atoms with Crippen LogP contribution in [0.5, 0.6) is 0 Å². The third kappa shape index (κ3) is 3.79. The van der Waals surface area contributed by atoms with Gasteiger partial charge in [0.1, 0.15) is 5.76 Å². The predicted octanol–water partition coefficient (Wildman–Crippen LogP) is 4.92. The van der Waals surface area contributed by atoms with Crippen LogP contribution in [0.3, 0.4) is 0 Å². The number of carbonyl (C=O) groups excluding carboxylic acids is 1. The van der Waals surface area contributed by atoms with Crippen molar-refractivity contribution in [2.45, 2.75) is 26.1 Å². The SMILES string of the molecule is Cc1cc(C(=O)CSCc2ccco2)c(C)n1Cc1cccs1. The number of furan rings is 1. The third-order valence-corrected chi connectivity index (χ3v) is 5.64. The number of carbonyl (C=O) groups is 1. The normalized spacial score (nSPS) is 11.0. The number of aryl methyl sites for hydroxylation is 1. The molecule has 0 atom stereocenters. The molecule has 0 saturated heterocycles. The molecule has 0 radical (unpaired) electrons. The maximum Gasteiger partial charge on any atom is 0.174 e. The number of ketones is 1. The molecule has 5 heteroatoms. The number of hydrogen-bond donors (Lipinski definition) is 0. The van der Waals surface area contributed by atoms with Gasteiger partial charge in [0.05, 0.1) is 24.3 Å². The molecule has 0 aromatic carbocycles. The van der Waals surface area contributed by atoms with Crippen molar-refractivity contribution in [1.82, 2.24) is 4.57 Å². The fourth-order valence-electron chi connectivity index (χ4n) is 2.60. The quantitative estimate of drug-likeness (QED) is 0.570. The van der Waals surface area contributed by atoms with Crippen molar-refractivity contribution in [1.29, 1.82) is 0 Å². The Balaban J connectivity index is 1.66. The molecule has 0 fully saturated rings. The number of aromatic nitrogens is 1. The van der Waals surface area contributed by atoms with E-state index in [1.165, 1.54) is 4.88 Å². The molecule has 0 aliphatic heterocycles. The zero-order valence-electron chi connectivity index (χ0n) is 13.2. The zero-order valence-corrected chi connectivity index (χ0v) is 14.9. The molecule has 3 heterocycles. The van der Waals surface area contributed by atoms with Crippen molar-refractivity contribution in [3.05, 3.63) is 69.6 Å². The van der Waals surface area contributed by atoms with Gasteiger partial charge in [0.15, 0.2) is 5.78 Å². The molecule has 3 aromatic heterocycles. The summed E-state index contributed by atoms with van der Waals surface area (Å²) in [5.41, 5.74) is 3.03. The van der Waals surface area contributed by atoms with E-state index in [1.807, 2.05) is 25.1 Å². The van der Waals surface area contributed by atoms with Crippen LogP contribution in [0.15, 0.2) is 46.4 Å². The number of thioether (sulfide) groups is 1. The van der Waals surface area contributed by atoms with Gasteiger partial charge in [-0.3, -0.25) is 4.79 Å². The van der Waals surface area contributed by atoms with Gasteiger partial charge in [-0.05, 0) is 43.5 Å². The lowest BCUT2D eigenvalue weighted by atomic mass is 10.2. The molecular formula is C18H19NO2S2. The highest BCUT2D eigenvalue weighted by molar-refractivity contribution is 7.99. The number of rotatable bonds is 7. The van der Waals surface area contributed by atoms with Crippen molar-refractivity contribution in [3.8, 4) is 0 Å². The van der Waals surface area contributed by atoms with E-state index in [4.69, 9.17) is 4.42 Å². The Morgan fingerprint density at radius 1 is 1.30 bits per heavy atom. The summed E-state index contributed by atoms with van der Waals surface area (Å²) in [6, 6.07) is 10.0. The highest BCUT2D eigenvalue weighted by Gasteiger charge is 2.16. The van der Waals surface area contributed by atoms with Gasteiger partial charge in [0, 0.05) is 21.8 Å². The summed E-state index contributed by atoms with van der Waals surface area (Å²) in [5, 5.41) is 2.08. The molecule has 0 N–H and O–H groups in total. The summed E-state index contributed by atoms with van der Waals surface area (Å²) < 4.78 is 7.51. The molecule has 23 heavy (non-hydrogen) atoms. The minimum atomic E-state index is 0.187. The Hall–Kier alpha value is -1.72. The predicted molar refractivity (Wildman–Crippen MR) is 96.5 cm³/mol. The number of nitrogens with zero attached hydrogens (tertiary/aromatic N) is 1. The Labute approximate surface area is 144 Å². The largest absolute Gasteiger partial charge is 0.468 e. The van der Waals surface area contributed by atoms with Crippen LogP contribution in [0.4, 0.5) is 0 Å². The van der Waals surface area contributed by atoms with Crippen molar-refractivity contribution in [2.24, 2.45) is 0 Å². The van der Waals surface area contributed by atoms with Crippen LogP contribution in [0.25, 0.3) is 0 Å². The molecule has 0 amide bonds. The van der Waals surface area contributed by atoms with Gasteiger partial charge in [-0.2, -0.15) is 0 Å². The average Bonchev–Trinajstić information content (AvgIpc) is 3.26. The van der Waals surface area contributed by atoms with Crippen LogP contribution >= 0.6 is 23.1 Å². The van der Waals surface area contributed by atoms with Gasteiger partial charge in [-0.1, -0.05) is 6.07 Å². The summed E-state index contributed by atoms with van der Waals surface area (Å²) in [6.45, 7) is 4.93. The number of hydrogen-bond acceptors (Lipinski definition) is 4. The van der Waals surface area contributed by atoms with E-state index in [1.54, 1.807) is 29.4 Å². The molecule has 3 aromatic rings. The molecule has 0 bridgehead atoms. The topological polar surface area (TPSA) is 35.1 Å². The van der Waals surface area contributed by atoms with Gasteiger partial charge in [0.2, 0.25) is 0 Å². The zero-order chi connectivity index (χ0) is 16.2. The molecule has 3 rings (SSSR count). The van der Waals surface area contributed by atoms with Crippen LogP contribution in [0.1, 0.15) is 32.4 Å². The molecule has 0 aliphatic carbocycles. The molecule has 0 spiro atoms. The van der Waals surface area contributed by atoms with E-state index < -0.39 is 0 Å². The fraction of sp³-hybridized carbons (Fsp3) is 0.278. The van der Waals surface area contributed by atoms with Crippen LogP contribution < -0.4 is 0 Å². The molecule has 3 nitrogen and oxygen atoms in total. The van der Waals surface area contributed by atoms with E-state index in [2.05, 4.69) is 29.0 Å². The average molecular weight is 345 g/mol. The second-order valence-electron chi connectivity index (χ2n) is 5.45. The summed E-state index contributed by atoms with van der Waals surface area (Å²) in [4.78, 5) is 13.8. The van der Waals surface area contributed by atoms with Crippen LogP contribution in [-0.2, 0) is 12.3 Å². The molecule has 0 unspecified atom stereocenters. The minimum Gasteiger partial charge on any atom is -0.468 e. The lowest BCUT2D eigenvalue weighted by Crippen LogP contribution is -2.07. The van der Waals surface area contributed by atoms with Gasteiger partial charge in [0.25, 0.3) is 0 Å². The van der Waals surface area contributed by atoms with Crippen molar-refractivity contribution in [3.63, 3.8) is 0 Å². The summed E-state index contributed by atoms with van der Waals surface area (Å²) in [7, 11) is 0. The molecule has 0 aliphatic rings. The summed E-state index contributed by atoms with van der Waals surface area (Å²) >= 11 is 3.34. The maximum absolute atomic E-state index is 12.5. The molecule has 120 valence electrons. The lowest BCUT2D eigenvalue weighted by molar-refractivity contribution is 0.102. The summed E-state index contributed by atoms with van der Waals surface area (Å²) in [5.74, 6) is 2.30. The van der Waals surface area contributed by atoms with Crippen LogP contribution in [0.2, 0.25) is 0 Å². The molecule has 0 saturated carbocycles. The van der Waals surface area contributed by atoms with Crippen molar-refractivity contribution >= 4 is 28.9 Å². The maximum atomic E-state index is 12.5. The van der Waals surface area contributed by atoms with E-state index in [-0.39, 0.29) is 5.78 Å².